The second-order valence-electron chi connectivity index (χ2n) is 5.09. The molecule has 0 saturated carbocycles. The van der Waals surface area contributed by atoms with Crippen LogP contribution in [-0.2, 0) is 6.54 Å². The Balaban J connectivity index is 1.90. The van der Waals surface area contributed by atoms with Crippen molar-refractivity contribution in [1.29, 1.82) is 0 Å². The first-order valence-corrected chi connectivity index (χ1v) is 6.90. The van der Waals surface area contributed by atoms with E-state index in [4.69, 9.17) is 0 Å². The molecular formula is C18H16N2O. The monoisotopic (exact) mass is 276 g/mol. The van der Waals surface area contributed by atoms with Crippen molar-refractivity contribution < 1.29 is 0 Å². The van der Waals surface area contributed by atoms with Crippen LogP contribution in [0, 0.1) is 6.92 Å². The third-order valence-electron chi connectivity index (χ3n) is 3.43. The summed E-state index contributed by atoms with van der Waals surface area (Å²) in [5, 5.41) is 4.28. The number of hydrogen-bond acceptors (Lipinski definition) is 2. The van der Waals surface area contributed by atoms with Crippen molar-refractivity contribution in [2.75, 3.05) is 0 Å². The maximum Gasteiger partial charge on any atom is 0.267 e. The topological polar surface area (TPSA) is 34.9 Å². The molecule has 0 atom stereocenters. The highest BCUT2D eigenvalue weighted by Crippen LogP contribution is 2.16. The SMILES string of the molecule is Cc1ccc(-c2cnn(Cc3ccccc3)c(=O)c2)cc1. The number of aromatic nitrogens is 2. The van der Waals surface area contributed by atoms with Crippen molar-refractivity contribution in [1.82, 2.24) is 9.78 Å². The van der Waals surface area contributed by atoms with Gasteiger partial charge in [-0.1, -0.05) is 60.2 Å². The highest BCUT2D eigenvalue weighted by Gasteiger charge is 2.03. The fourth-order valence-electron chi connectivity index (χ4n) is 2.21. The lowest BCUT2D eigenvalue weighted by Gasteiger charge is -2.06. The van der Waals surface area contributed by atoms with E-state index in [2.05, 4.69) is 5.10 Å². The summed E-state index contributed by atoms with van der Waals surface area (Å²) >= 11 is 0. The molecular weight excluding hydrogens is 260 g/mol. The number of aryl methyl sites for hydroxylation is 1. The maximum absolute atomic E-state index is 12.2. The van der Waals surface area contributed by atoms with Gasteiger partial charge in [0, 0.05) is 11.6 Å². The molecule has 0 aliphatic carbocycles. The van der Waals surface area contributed by atoms with Crippen LogP contribution in [0.1, 0.15) is 11.1 Å². The molecule has 0 aliphatic heterocycles. The maximum atomic E-state index is 12.2. The molecule has 0 unspecified atom stereocenters. The Bertz CT molecular complexity index is 789. The molecule has 1 heterocycles. The normalized spacial score (nSPS) is 10.5. The largest absolute Gasteiger partial charge is 0.268 e. The number of nitrogens with zero attached hydrogens (tertiary/aromatic N) is 2. The van der Waals surface area contributed by atoms with Crippen LogP contribution in [0.25, 0.3) is 11.1 Å². The highest BCUT2D eigenvalue weighted by molar-refractivity contribution is 5.62. The van der Waals surface area contributed by atoms with Crippen molar-refractivity contribution in [2.24, 2.45) is 0 Å². The van der Waals surface area contributed by atoms with Gasteiger partial charge in [-0.25, -0.2) is 4.68 Å². The minimum atomic E-state index is -0.0862. The van der Waals surface area contributed by atoms with E-state index in [9.17, 15) is 4.79 Å². The van der Waals surface area contributed by atoms with Crippen LogP contribution >= 0.6 is 0 Å². The van der Waals surface area contributed by atoms with E-state index in [1.165, 1.54) is 10.2 Å². The average molecular weight is 276 g/mol. The molecule has 21 heavy (non-hydrogen) atoms. The van der Waals surface area contributed by atoms with Crippen LogP contribution in [0.4, 0.5) is 0 Å². The zero-order valence-corrected chi connectivity index (χ0v) is 11.9. The van der Waals surface area contributed by atoms with Gasteiger partial charge >= 0.3 is 0 Å². The standard InChI is InChI=1S/C18H16N2O/c1-14-7-9-16(10-8-14)17-11-18(21)20(19-12-17)13-15-5-3-2-4-6-15/h2-12H,13H2,1H3. The van der Waals surface area contributed by atoms with E-state index in [0.717, 1.165) is 16.7 Å². The van der Waals surface area contributed by atoms with Gasteiger partial charge in [-0.05, 0) is 18.1 Å². The van der Waals surface area contributed by atoms with Gasteiger partial charge in [0.15, 0.2) is 0 Å². The molecule has 2 aromatic carbocycles. The molecule has 3 heteroatoms. The lowest BCUT2D eigenvalue weighted by atomic mass is 10.1. The van der Waals surface area contributed by atoms with Crippen LogP contribution < -0.4 is 5.56 Å². The molecule has 0 amide bonds. The third kappa shape index (κ3) is 3.08. The van der Waals surface area contributed by atoms with Crippen LogP contribution in [0.15, 0.2) is 71.7 Å². The van der Waals surface area contributed by atoms with Crippen molar-refractivity contribution in [3.05, 3.63) is 88.3 Å². The number of hydrogen-bond donors (Lipinski definition) is 0. The van der Waals surface area contributed by atoms with Gasteiger partial charge in [0.2, 0.25) is 0 Å². The van der Waals surface area contributed by atoms with E-state index < -0.39 is 0 Å². The zero-order valence-electron chi connectivity index (χ0n) is 11.9. The lowest BCUT2D eigenvalue weighted by Crippen LogP contribution is -2.22. The highest BCUT2D eigenvalue weighted by atomic mass is 16.1. The van der Waals surface area contributed by atoms with E-state index in [0.29, 0.717) is 6.54 Å². The molecule has 0 N–H and O–H groups in total. The quantitative estimate of drug-likeness (QED) is 0.736. The summed E-state index contributed by atoms with van der Waals surface area (Å²) in [5.41, 5.74) is 4.04. The molecule has 0 bridgehead atoms. The van der Waals surface area contributed by atoms with Gasteiger partial charge in [0.25, 0.3) is 5.56 Å². The minimum Gasteiger partial charge on any atom is -0.268 e. The lowest BCUT2D eigenvalue weighted by molar-refractivity contribution is 0.640. The summed E-state index contributed by atoms with van der Waals surface area (Å²) in [5.74, 6) is 0. The smallest absolute Gasteiger partial charge is 0.267 e. The molecule has 0 radical (unpaired) electrons. The Hall–Kier alpha value is -2.68. The molecule has 3 nitrogen and oxygen atoms in total. The number of benzene rings is 2. The summed E-state index contributed by atoms with van der Waals surface area (Å²) in [4.78, 5) is 12.2. The molecule has 1 aromatic heterocycles. The van der Waals surface area contributed by atoms with Crippen molar-refractivity contribution in [3.63, 3.8) is 0 Å². The molecule has 3 aromatic rings. The second kappa shape index (κ2) is 5.75. The van der Waals surface area contributed by atoms with E-state index in [-0.39, 0.29) is 5.56 Å². The fraction of sp³-hybridized carbons (Fsp3) is 0.111. The Morgan fingerprint density at radius 3 is 2.33 bits per heavy atom. The molecule has 104 valence electrons. The van der Waals surface area contributed by atoms with Crippen molar-refractivity contribution >= 4 is 0 Å². The van der Waals surface area contributed by atoms with Gasteiger partial charge < -0.3 is 0 Å². The van der Waals surface area contributed by atoms with Crippen LogP contribution in [0.2, 0.25) is 0 Å². The third-order valence-corrected chi connectivity index (χ3v) is 3.43. The summed E-state index contributed by atoms with van der Waals surface area (Å²) in [6.45, 7) is 2.54. The predicted octanol–water partition coefficient (Wildman–Crippen LogP) is 3.27. The second-order valence-corrected chi connectivity index (χ2v) is 5.09. The Morgan fingerprint density at radius 2 is 1.67 bits per heavy atom. The van der Waals surface area contributed by atoms with Crippen molar-refractivity contribution in [3.8, 4) is 11.1 Å². The molecule has 0 saturated heterocycles. The predicted molar refractivity (Wildman–Crippen MR) is 84.2 cm³/mol. The first-order valence-electron chi connectivity index (χ1n) is 6.90. The van der Waals surface area contributed by atoms with Gasteiger partial charge in [0.05, 0.1) is 12.7 Å². The van der Waals surface area contributed by atoms with E-state index in [1.807, 2.05) is 61.5 Å². The Labute approximate surface area is 123 Å². The van der Waals surface area contributed by atoms with Gasteiger partial charge in [-0.3, -0.25) is 4.79 Å². The van der Waals surface area contributed by atoms with Crippen LogP contribution in [0.3, 0.4) is 0 Å². The van der Waals surface area contributed by atoms with E-state index in [1.54, 1.807) is 12.3 Å². The van der Waals surface area contributed by atoms with Gasteiger partial charge in [-0.15, -0.1) is 0 Å². The fourth-order valence-corrected chi connectivity index (χ4v) is 2.21. The summed E-state index contributed by atoms with van der Waals surface area (Å²) < 4.78 is 1.48. The van der Waals surface area contributed by atoms with Gasteiger partial charge in [0.1, 0.15) is 0 Å². The number of rotatable bonds is 3. The summed E-state index contributed by atoms with van der Waals surface area (Å²) in [6.07, 6.45) is 1.75. The summed E-state index contributed by atoms with van der Waals surface area (Å²) in [6, 6.07) is 19.6. The van der Waals surface area contributed by atoms with Crippen LogP contribution in [0.5, 0.6) is 0 Å². The Kier molecular flexibility index (Phi) is 3.65. The first kappa shape index (κ1) is 13.3. The average Bonchev–Trinajstić information content (AvgIpc) is 2.51. The Morgan fingerprint density at radius 1 is 0.952 bits per heavy atom. The minimum absolute atomic E-state index is 0.0862. The van der Waals surface area contributed by atoms with Gasteiger partial charge in [-0.2, -0.15) is 5.10 Å². The molecule has 0 aliphatic rings. The molecule has 0 fully saturated rings. The first-order chi connectivity index (χ1) is 10.2. The molecule has 0 spiro atoms. The van der Waals surface area contributed by atoms with Crippen molar-refractivity contribution in [2.45, 2.75) is 13.5 Å². The van der Waals surface area contributed by atoms with Crippen LogP contribution in [-0.4, -0.2) is 9.78 Å². The summed E-state index contributed by atoms with van der Waals surface area (Å²) in [7, 11) is 0. The molecule has 3 rings (SSSR count). The van der Waals surface area contributed by atoms with E-state index >= 15 is 0 Å². The zero-order chi connectivity index (χ0) is 14.7.